The highest BCUT2D eigenvalue weighted by Gasteiger charge is 2.28. The van der Waals surface area contributed by atoms with Gasteiger partial charge in [0, 0.05) is 12.7 Å². The van der Waals surface area contributed by atoms with E-state index < -0.39 is 50.0 Å². The van der Waals surface area contributed by atoms with Gasteiger partial charge in [-0.15, -0.1) is 0 Å². The second-order valence-electron chi connectivity index (χ2n) is 7.49. The van der Waals surface area contributed by atoms with Gasteiger partial charge in [0.25, 0.3) is 5.91 Å². The summed E-state index contributed by atoms with van der Waals surface area (Å²) in [6.07, 6.45) is 2.30. The van der Waals surface area contributed by atoms with Gasteiger partial charge in [-0.3, -0.25) is 4.79 Å². The van der Waals surface area contributed by atoms with Crippen LogP contribution < -0.4 is 14.4 Å². The number of benzene rings is 2. The van der Waals surface area contributed by atoms with Crippen molar-refractivity contribution >= 4 is 50.9 Å². The van der Waals surface area contributed by atoms with Gasteiger partial charge in [0.2, 0.25) is 0 Å². The van der Waals surface area contributed by atoms with Crippen LogP contribution in [0.5, 0.6) is 5.75 Å². The summed E-state index contributed by atoms with van der Waals surface area (Å²) in [6.45, 7) is -0.379. The molecule has 0 unspecified atom stereocenters. The topological polar surface area (TPSA) is 88.6 Å². The standard InChI is InChI=1S/C23H20Cl2F3N3O4S/c1-35-15-7-5-14(6-8-15)4-2-3-13-31(36(28,33)34)18-10-9-17(24)21(20(18)27)30-23(32)16-11-12-29-22(25)19(16)26/h5-12H,2-4,13H2,1H3,(H,30,32). The molecular weight excluding hydrogens is 542 g/mol. The van der Waals surface area contributed by atoms with Crippen molar-refractivity contribution in [2.45, 2.75) is 19.3 Å². The van der Waals surface area contributed by atoms with Crippen LogP contribution in [0, 0.1) is 11.6 Å². The lowest BCUT2D eigenvalue weighted by molar-refractivity contribution is 0.102. The monoisotopic (exact) mass is 561 g/mol. The molecule has 0 atom stereocenters. The molecule has 0 saturated carbocycles. The summed E-state index contributed by atoms with van der Waals surface area (Å²) in [5.74, 6) is -2.89. The maximum atomic E-state index is 15.3. The zero-order chi connectivity index (χ0) is 26.5. The summed E-state index contributed by atoms with van der Waals surface area (Å²) in [5.41, 5.74) is -0.922. The number of hydrogen-bond donors (Lipinski definition) is 1. The third kappa shape index (κ3) is 6.59. The number of methoxy groups -OCH3 is 1. The van der Waals surface area contributed by atoms with Crippen molar-refractivity contribution in [2.24, 2.45) is 0 Å². The lowest BCUT2D eigenvalue weighted by Crippen LogP contribution is -2.30. The highest BCUT2D eigenvalue weighted by Crippen LogP contribution is 2.35. The van der Waals surface area contributed by atoms with Crippen LogP contribution in [0.1, 0.15) is 28.8 Å². The van der Waals surface area contributed by atoms with E-state index in [4.69, 9.17) is 27.9 Å². The molecule has 0 aliphatic rings. The van der Waals surface area contributed by atoms with Crippen LogP contribution >= 0.6 is 23.2 Å². The Morgan fingerprint density at radius 3 is 2.39 bits per heavy atom. The summed E-state index contributed by atoms with van der Waals surface area (Å²) >= 11 is 11.5. The molecule has 36 heavy (non-hydrogen) atoms. The van der Waals surface area contributed by atoms with Gasteiger partial charge in [0.15, 0.2) is 16.8 Å². The summed E-state index contributed by atoms with van der Waals surface area (Å²) in [4.78, 5) is 16.0. The fourth-order valence-corrected chi connectivity index (χ4v) is 4.42. The molecule has 0 radical (unpaired) electrons. The molecule has 0 aliphatic heterocycles. The quantitative estimate of drug-likeness (QED) is 0.187. The van der Waals surface area contributed by atoms with Crippen LogP contribution in [0.25, 0.3) is 0 Å². The molecule has 0 fully saturated rings. The van der Waals surface area contributed by atoms with Crippen molar-refractivity contribution in [1.29, 1.82) is 0 Å². The molecule has 1 N–H and O–H groups in total. The number of hydrogen-bond acceptors (Lipinski definition) is 5. The number of nitrogens with one attached hydrogen (secondary N) is 1. The Bertz CT molecular complexity index is 1360. The Kier molecular flexibility index (Phi) is 9.04. The highest BCUT2D eigenvalue weighted by atomic mass is 35.5. The normalized spacial score (nSPS) is 11.3. The average molecular weight is 562 g/mol. The fraction of sp³-hybridized carbons (Fsp3) is 0.217. The minimum atomic E-state index is -5.38. The molecule has 0 aliphatic carbocycles. The smallest absolute Gasteiger partial charge is 0.399 e. The van der Waals surface area contributed by atoms with Crippen LogP contribution in [0.3, 0.4) is 0 Å². The molecule has 2 aromatic carbocycles. The molecule has 3 aromatic rings. The number of pyridine rings is 1. The number of unbranched alkanes of at least 4 members (excludes halogenated alkanes) is 1. The van der Waals surface area contributed by atoms with Gasteiger partial charge in [-0.1, -0.05) is 39.2 Å². The van der Waals surface area contributed by atoms with Crippen molar-refractivity contribution in [3.05, 3.63) is 81.6 Å². The predicted molar refractivity (Wildman–Crippen MR) is 132 cm³/mol. The Morgan fingerprint density at radius 1 is 1.06 bits per heavy atom. The third-order valence-electron chi connectivity index (χ3n) is 5.17. The summed E-state index contributed by atoms with van der Waals surface area (Å²) in [5, 5.41) is 1.19. The Labute approximate surface area is 216 Å². The maximum absolute atomic E-state index is 15.3. The van der Waals surface area contributed by atoms with E-state index >= 15 is 4.39 Å². The van der Waals surface area contributed by atoms with Crippen LogP contribution in [0.2, 0.25) is 10.2 Å². The largest absolute Gasteiger partial charge is 0.497 e. The van der Waals surface area contributed by atoms with E-state index in [0.29, 0.717) is 18.6 Å². The number of aromatic nitrogens is 1. The number of rotatable bonds is 10. The number of aryl methyl sites for hydroxylation is 1. The zero-order valence-electron chi connectivity index (χ0n) is 18.8. The van der Waals surface area contributed by atoms with Crippen LogP contribution in [-0.4, -0.2) is 33.0 Å². The molecule has 3 rings (SSSR count). The minimum absolute atomic E-state index is 0.194. The van der Waals surface area contributed by atoms with E-state index in [2.05, 4.69) is 10.3 Å². The van der Waals surface area contributed by atoms with Gasteiger partial charge in [-0.05, 0) is 55.2 Å². The maximum Gasteiger partial charge on any atom is 0.399 e. The van der Waals surface area contributed by atoms with Crippen molar-refractivity contribution in [1.82, 2.24) is 4.98 Å². The van der Waals surface area contributed by atoms with Crippen LogP contribution in [0.15, 0.2) is 48.7 Å². The SMILES string of the molecule is COc1ccc(CCCCN(c2ccc(Cl)c(NC(=O)c3ccnc(Cl)c3F)c2F)S(=O)(=O)F)cc1. The van der Waals surface area contributed by atoms with Crippen molar-refractivity contribution in [3.8, 4) is 5.75 Å². The number of anilines is 2. The first-order valence-corrected chi connectivity index (χ1v) is 12.6. The van der Waals surface area contributed by atoms with Gasteiger partial charge in [0.1, 0.15) is 5.75 Å². The van der Waals surface area contributed by atoms with E-state index in [1.54, 1.807) is 19.2 Å². The van der Waals surface area contributed by atoms with Crippen molar-refractivity contribution < 1.29 is 30.6 Å². The van der Waals surface area contributed by atoms with Crippen molar-refractivity contribution in [3.63, 3.8) is 0 Å². The highest BCUT2D eigenvalue weighted by molar-refractivity contribution is 7.87. The van der Waals surface area contributed by atoms with Gasteiger partial charge in [-0.25, -0.2) is 18.1 Å². The molecule has 1 amide bonds. The first-order chi connectivity index (χ1) is 17.0. The van der Waals surface area contributed by atoms with Crippen molar-refractivity contribution in [2.75, 3.05) is 23.3 Å². The first-order valence-electron chi connectivity index (χ1n) is 10.5. The second-order valence-corrected chi connectivity index (χ2v) is 9.52. The Morgan fingerprint density at radius 2 is 1.75 bits per heavy atom. The summed E-state index contributed by atoms with van der Waals surface area (Å²) in [6, 6.07) is 10.3. The number of carbonyl (C=O) groups is 1. The van der Waals surface area contributed by atoms with Gasteiger partial charge >= 0.3 is 10.4 Å². The molecular formula is C23H20Cl2F3N3O4S. The number of carbonyl (C=O) groups excluding carboxylic acids is 1. The number of ether oxygens (including phenoxy) is 1. The van der Waals surface area contributed by atoms with E-state index in [1.807, 2.05) is 12.1 Å². The predicted octanol–water partition coefficient (Wildman–Crippen LogP) is 5.97. The third-order valence-corrected chi connectivity index (χ3v) is 6.65. The number of halogens is 5. The average Bonchev–Trinajstić information content (AvgIpc) is 2.83. The molecule has 0 bridgehead atoms. The molecule has 7 nitrogen and oxygen atoms in total. The lowest BCUT2D eigenvalue weighted by Gasteiger charge is -2.22. The zero-order valence-corrected chi connectivity index (χ0v) is 21.1. The minimum Gasteiger partial charge on any atom is -0.497 e. The van der Waals surface area contributed by atoms with Crippen LogP contribution in [-0.2, 0) is 16.8 Å². The van der Waals surface area contributed by atoms with Gasteiger partial charge in [0.05, 0.1) is 29.1 Å². The number of nitrogens with zero attached hydrogens (tertiary/aromatic N) is 2. The molecule has 0 spiro atoms. The van der Waals surface area contributed by atoms with Crippen LogP contribution in [0.4, 0.5) is 24.0 Å². The van der Waals surface area contributed by atoms with E-state index in [-0.39, 0.29) is 22.3 Å². The molecule has 0 saturated heterocycles. The number of amides is 1. The molecule has 1 heterocycles. The van der Waals surface area contributed by atoms with E-state index in [9.17, 15) is 21.5 Å². The molecule has 1 aromatic heterocycles. The summed E-state index contributed by atoms with van der Waals surface area (Å²) < 4.78 is 72.6. The Hall–Kier alpha value is -3.02. The summed E-state index contributed by atoms with van der Waals surface area (Å²) in [7, 11) is -3.84. The first kappa shape index (κ1) is 27.6. The fourth-order valence-electron chi connectivity index (χ4n) is 3.35. The second kappa shape index (κ2) is 11.8. The molecule has 13 heteroatoms. The van der Waals surface area contributed by atoms with E-state index in [1.165, 1.54) is 0 Å². The van der Waals surface area contributed by atoms with Gasteiger partial charge in [-0.2, -0.15) is 8.42 Å². The Balaban J connectivity index is 1.79. The molecule has 192 valence electrons. The lowest BCUT2D eigenvalue weighted by atomic mass is 10.1. The van der Waals surface area contributed by atoms with E-state index in [0.717, 1.165) is 30.0 Å². The van der Waals surface area contributed by atoms with Gasteiger partial charge < -0.3 is 10.1 Å².